The molecule has 0 aliphatic carbocycles. The van der Waals surface area contributed by atoms with Crippen molar-refractivity contribution in [2.45, 2.75) is 0 Å². The number of hydrogen-bond donors (Lipinski definition) is 2. The number of amides is 1. The molecule has 0 atom stereocenters. The van der Waals surface area contributed by atoms with Crippen molar-refractivity contribution in [1.29, 1.82) is 0 Å². The minimum Gasteiger partial charge on any atom is -0.398 e. The molecular formula is C15H14N2O. The van der Waals surface area contributed by atoms with Crippen molar-refractivity contribution in [3.8, 4) is 0 Å². The Morgan fingerprint density at radius 3 is 2.11 bits per heavy atom. The Hall–Kier alpha value is -2.55. The van der Waals surface area contributed by atoms with Crippen molar-refractivity contribution in [2.75, 3.05) is 5.32 Å². The lowest BCUT2D eigenvalue weighted by atomic mass is 10.1. The topological polar surface area (TPSA) is 55.1 Å². The molecule has 1 amide bonds. The van der Waals surface area contributed by atoms with Crippen LogP contribution in [0.4, 0.5) is 5.69 Å². The summed E-state index contributed by atoms with van der Waals surface area (Å²) in [6.45, 7) is 0. The van der Waals surface area contributed by atoms with Crippen LogP contribution in [0, 0.1) is 0 Å². The molecule has 0 bridgehead atoms. The monoisotopic (exact) mass is 238 g/mol. The summed E-state index contributed by atoms with van der Waals surface area (Å²) in [6, 6.07) is 18.7. The van der Waals surface area contributed by atoms with Gasteiger partial charge in [0.1, 0.15) is 0 Å². The summed E-state index contributed by atoms with van der Waals surface area (Å²) >= 11 is 0. The molecule has 0 saturated carbocycles. The number of nitrogens with one attached hydrogen (secondary N) is 1. The average molecular weight is 238 g/mol. The van der Waals surface area contributed by atoms with E-state index in [0.717, 1.165) is 11.3 Å². The fourth-order valence-corrected chi connectivity index (χ4v) is 1.56. The van der Waals surface area contributed by atoms with Crippen LogP contribution >= 0.6 is 0 Å². The highest BCUT2D eigenvalue weighted by atomic mass is 16.1. The number of benzene rings is 2. The average Bonchev–Trinajstić information content (AvgIpc) is 2.40. The number of hydrogen-bond acceptors (Lipinski definition) is 2. The predicted molar refractivity (Wildman–Crippen MR) is 73.7 cm³/mol. The van der Waals surface area contributed by atoms with Crippen molar-refractivity contribution in [1.82, 2.24) is 0 Å². The van der Waals surface area contributed by atoms with Crippen LogP contribution in [-0.2, 0) is 4.79 Å². The van der Waals surface area contributed by atoms with Gasteiger partial charge >= 0.3 is 0 Å². The van der Waals surface area contributed by atoms with Crippen LogP contribution in [0.25, 0.3) is 5.70 Å². The summed E-state index contributed by atoms with van der Waals surface area (Å²) in [6.07, 6.45) is 1.39. The summed E-state index contributed by atoms with van der Waals surface area (Å²) in [5.74, 6) is -0.234. The second-order valence-electron chi connectivity index (χ2n) is 3.82. The Balaban J connectivity index is 2.07. The van der Waals surface area contributed by atoms with Crippen molar-refractivity contribution >= 4 is 17.3 Å². The van der Waals surface area contributed by atoms with Gasteiger partial charge in [-0.05, 0) is 17.7 Å². The van der Waals surface area contributed by atoms with E-state index in [1.54, 1.807) is 0 Å². The first kappa shape index (κ1) is 11.9. The standard InChI is InChI=1S/C15H14N2O/c16-14(12-7-3-1-4-8-12)11-15(18)17-13-9-5-2-6-10-13/h1-11H,16H2,(H,17,18). The maximum Gasteiger partial charge on any atom is 0.250 e. The van der Waals surface area contributed by atoms with Crippen molar-refractivity contribution < 1.29 is 4.79 Å². The highest BCUT2D eigenvalue weighted by Crippen LogP contribution is 2.09. The fourth-order valence-electron chi connectivity index (χ4n) is 1.56. The van der Waals surface area contributed by atoms with Gasteiger partial charge in [0, 0.05) is 17.5 Å². The predicted octanol–water partition coefficient (Wildman–Crippen LogP) is 2.62. The molecule has 3 N–H and O–H groups in total. The minimum absolute atomic E-state index is 0.234. The molecule has 0 fully saturated rings. The lowest BCUT2D eigenvalue weighted by molar-refractivity contribution is -0.111. The van der Waals surface area contributed by atoms with E-state index in [4.69, 9.17) is 5.73 Å². The summed E-state index contributed by atoms with van der Waals surface area (Å²) in [5, 5.41) is 2.75. The Labute approximate surface area is 106 Å². The molecule has 2 aromatic rings. The van der Waals surface area contributed by atoms with Crippen LogP contribution in [0.1, 0.15) is 5.56 Å². The fraction of sp³-hybridized carbons (Fsp3) is 0. The largest absolute Gasteiger partial charge is 0.398 e. The summed E-state index contributed by atoms with van der Waals surface area (Å²) < 4.78 is 0. The molecule has 0 aliphatic heterocycles. The molecule has 2 rings (SSSR count). The number of rotatable bonds is 3. The van der Waals surface area contributed by atoms with Crippen LogP contribution in [0.5, 0.6) is 0 Å². The van der Waals surface area contributed by atoms with Crippen LogP contribution in [-0.4, -0.2) is 5.91 Å². The Morgan fingerprint density at radius 1 is 0.944 bits per heavy atom. The Kier molecular flexibility index (Phi) is 3.76. The van der Waals surface area contributed by atoms with Crippen molar-refractivity contribution in [3.05, 3.63) is 72.3 Å². The minimum atomic E-state index is -0.234. The van der Waals surface area contributed by atoms with Crippen molar-refractivity contribution in [2.24, 2.45) is 5.73 Å². The first-order chi connectivity index (χ1) is 8.75. The van der Waals surface area contributed by atoms with Gasteiger partial charge in [0.05, 0.1) is 0 Å². The van der Waals surface area contributed by atoms with Gasteiger partial charge < -0.3 is 11.1 Å². The third-order valence-corrected chi connectivity index (χ3v) is 2.44. The maximum absolute atomic E-state index is 11.7. The molecule has 2 aromatic carbocycles. The number of carbonyl (C=O) groups is 1. The van der Waals surface area contributed by atoms with E-state index in [1.165, 1.54) is 6.08 Å². The van der Waals surface area contributed by atoms with Gasteiger partial charge in [-0.15, -0.1) is 0 Å². The smallest absolute Gasteiger partial charge is 0.250 e. The summed E-state index contributed by atoms with van der Waals surface area (Å²) in [7, 11) is 0. The maximum atomic E-state index is 11.7. The van der Waals surface area contributed by atoms with E-state index >= 15 is 0 Å². The molecule has 18 heavy (non-hydrogen) atoms. The van der Waals surface area contributed by atoms with Gasteiger partial charge in [-0.1, -0.05) is 48.5 Å². The second kappa shape index (κ2) is 5.68. The molecule has 0 unspecified atom stereocenters. The first-order valence-electron chi connectivity index (χ1n) is 5.64. The molecular weight excluding hydrogens is 224 g/mol. The normalized spacial score (nSPS) is 11.0. The quantitative estimate of drug-likeness (QED) is 0.808. The molecule has 0 heterocycles. The molecule has 0 saturated heterocycles. The molecule has 0 aliphatic rings. The van der Waals surface area contributed by atoms with E-state index < -0.39 is 0 Å². The molecule has 0 radical (unpaired) electrons. The Bertz CT molecular complexity index is 547. The van der Waals surface area contributed by atoms with E-state index in [2.05, 4.69) is 5.32 Å². The van der Waals surface area contributed by atoms with Gasteiger partial charge in [0.2, 0.25) is 5.91 Å². The molecule has 3 nitrogen and oxygen atoms in total. The van der Waals surface area contributed by atoms with E-state index in [9.17, 15) is 4.79 Å². The van der Waals surface area contributed by atoms with E-state index in [1.807, 2.05) is 60.7 Å². The third kappa shape index (κ3) is 3.22. The highest BCUT2D eigenvalue weighted by Gasteiger charge is 2.01. The van der Waals surface area contributed by atoms with Crippen LogP contribution < -0.4 is 11.1 Å². The SMILES string of the molecule is NC(=CC(=O)Nc1ccccc1)c1ccccc1. The third-order valence-electron chi connectivity index (χ3n) is 2.44. The van der Waals surface area contributed by atoms with Crippen LogP contribution in [0.3, 0.4) is 0 Å². The zero-order chi connectivity index (χ0) is 12.8. The van der Waals surface area contributed by atoms with Crippen molar-refractivity contribution in [3.63, 3.8) is 0 Å². The van der Waals surface area contributed by atoms with Gasteiger partial charge in [-0.3, -0.25) is 4.79 Å². The van der Waals surface area contributed by atoms with Crippen LogP contribution in [0.2, 0.25) is 0 Å². The zero-order valence-corrected chi connectivity index (χ0v) is 9.84. The molecule has 90 valence electrons. The summed E-state index contributed by atoms with van der Waals surface area (Å²) in [4.78, 5) is 11.7. The van der Waals surface area contributed by atoms with Gasteiger partial charge in [0.15, 0.2) is 0 Å². The number of nitrogens with two attached hydrogens (primary N) is 1. The Morgan fingerprint density at radius 2 is 1.50 bits per heavy atom. The lowest BCUT2D eigenvalue weighted by Gasteiger charge is -2.03. The van der Waals surface area contributed by atoms with Gasteiger partial charge in [0.25, 0.3) is 0 Å². The second-order valence-corrected chi connectivity index (χ2v) is 3.82. The molecule has 0 aromatic heterocycles. The first-order valence-corrected chi connectivity index (χ1v) is 5.64. The van der Waals surface area contributed by atoms with Gasteiger partial charge in [-0.25, -0.2) is 0 Å². The van der Waals surface area contributed by atoms with E-state index in [0.29, 0.717) is 5.70 Å². The zero-order valence-electron chi connectivity index (χ0n) is 9.84. The van der Waals surface area contributed by atoms with Crippen LogP contribution in [0.15, 0.2) is 66.7 Å². The van der Waals surface area contributed by atoms with E-state index in [-0.39, 0.29) is 5.91 Å². The lowest BCUT2D eigenvalue weighted by Crippen LogP contribution is -2.10. The number of carbonyl (C=O) groups excluding carboxylic acids is 1. The number of anilines is 1. The molecule has 3 heteroatoms. The van der Waals surface area contributed by atoms with Gasteiger partial charge in [-0.2, -0.15) is 0 Å². The summed E-state index contributed by atoms with van der Waals surface area (Å²) in [5.41, 5.74) is 7.88. The molecule has 0 spiro atoms. The number of para-hydroxylation sites is 1. The highest BCUT2D eigenvalue weighted by molar-refractivity contribution is 6.03.